The van der Waals surface area contributed by atoms with Crippen LogP contribution in [0.3, 0.4) is 0 Å². The van der Waals surface area contributed by atoms with Gasteiger partial charge in [0, 0.05) is 44.8 Å². The Hall–Kier alpha value is -4.19. The molecule has 162 valence electrons. The molecule has 3 heterocycles. The summed E-state index contributed by atoms with van der Waals surface area (Å²) >= 11 is 1.51. The lowest BCUT2D eigenvalue weighted by atomic mass is 10.1. The second-order valence-corrected chi connectivity index (χ2v) is 8.54. The molecule has 8 heteroatoms. The molecule has 7 nitrogen and oxygen atoms in total. The van der Waals surface area contributed by atoms with Crippen molar-refractivity contribution in [2.75, 3.05) is 12.4 Å². The Morgan fingerprint density at radius 3 is 2.88 bits per heavy atom. The first-order valence-electron chi connectivity index (χ1n) is 10.2. The molecule has 3 aromatic heterocycles. The summed E-state index contributed by atoms with van der Waals surface area (Å²) in [5.74, 6) is -0.316. The van der Waals surface area contributed by atoms with Gasteiger partial charge in [0.25, 0.3) is 5.91 Å². The van der Waals surface area contributed by atoms with Crippen molar-refractivity contribution >= 4 is 49.7 Å². The molecule has 0 saturated carbocycles. The lowest BCUT2D eigenvalue weighted by Gasteiger charge is -2.12. The Bertz CT molecular complexity index is 1560. The van der Waals surface area contributed by atoms with E-state index in [1.54, 1.807) is 18.3 Å². The van der Waals surface area contributed by atoms with Gasteiger partial charge in [0.15, 0.2) is 0 Å². The van der Waals surface area contributed by atoms with Gasteiger partial charge in [-0.2, -0.15) is 5.26 Å². The third kappa shape index (κ3) is 3.69. The van der Waals surface area contributed by atoms with E-state index in [1.165, 1.54) is 18.4 Å². The van der Waals surface area contributed by atoms with Gasteiger partial charge >= 0.3 is 0 Å². The van der Waals surface area contributed by atoms with Gasteiger partial charge in [-0.15, -0.1) is 11.3 Å². The molecule has 5 aromatic rings. The molecule has 1 amide bonds. The van der Waals surface area contributed by atoms with Gasteiger partial charge in [-0.3, -0.25) is 9.63 Å². The van der Waals surface area contributed by atoms with Crippen LogP contribution in [0.5, 0.6) is 0 Å². The number of nitriles is 1. The molecule has 0 saturated heterocycles. The zero-order chi connectivity index (χ0) is 22.9. The molecule has 2 aromatic carbocycles. The van der Waals surface area contributed by atoms with Gasteiger partial charge < -0.3 is 10.3 Å². The molecule has 0 spiro atoms. The van der Waals surface area contributed by atoms with Gasteiger partial charge in [0.2, 0.25) is 0 Å². The molecular weight excluding hydrogens is 434 g/mol. The molecule has 0 fully saturated rings. The molecule has 0 aliphatic heterocycles. The van der Waals surface area contributed by atoms with Gasteiger partial charge in [-0.1, -0.05) is 12.1 Å². The van der Waals surface area contributed by atoms with Crippen LogP contribution in [-0.4, -0.2) is 23.0 Å². The van der Waals surface area contributed by atoms with Crippen LogP contribution >= 0.6 is 11.3 Å². The minimum atomic E-state index is -0.316. The number of pyridine rings is 1. The van der Waals surface area contributed by atoms with Crippen LogP contribution in [0.25, 0.3) is 31.6 Å². The third-order valence-corrected chi connectivity index (χ3v) is 6.64. The van der Waals surface area contributed by atoms with Crippen LogP contribution < -0.4 is 10.8 Å². The van der Waals surface area contributed by atoms with Crippen LogP contribution in [0, 0.1) is 18.3 Å². The maximum atomic E-state index is 12.2. The summed E-state index contributed by atoms with van der Waals surface area (Å²) in [6.07, 6.45) is 3.51. The van der Waals surface area contributed by atoms with Crippen molar-refractivity contribution in [3.05, 3.63) is 77.6 Å². The predicted octanol–water partition coefficient (Wildman–Crippen LogP) is 5.66. The minimum absolute atomic E-state index is 0.316. The van der Waals surface area contributed by atoms with Crippen molar-refractivity contribution in [3.63, 3.8) is 0 Å². The van der Waals surface area contributed by atoms with E-state index in [0.29, 0.717) is 11.1 Å². The average Bonchev–Trinajstić information content (AvgIpc) is 3.49. The molecule has 3 N–H and O–H groups in total. The molecule has 33 heavy (non-hydrogen) atoms. The topological polar surface area (TPSA) is 103 Å². The number of hydroxylamine groups is 1. The first-order chi connectivity index (χ1) is 16.1. The van der Waals surface area contributed by atoms with Gasteiger partial charge in [-0.25, -0.2) is 10.5 Å². The number of carbonyl (C=O) groups excluding carboxylic acids is 1. The first kappa shape index (κ1) is 20.7. The van der Waals surface area contributed by atoms with Crippen LogP contribution in [-0.2, 0) is 4.84 Å². The quantitative estimate of drug-likeness (QED) is 0.298. The lowest BCUT2D eigenvalue weighted by Crippen LogP contribution is -2.21. The summed E-state index contributed by atoms with van der Waals surface area (Å²) in [5, 5.41) is 15.2. The van der Waals surface area contributed by atoms with E-state index in [9.17, 15) is 10.1 Å². The molecule has 0 bridgehead atoms. The first-order valence-corrected chi connectivity index (χ1v) is 11.0. The highest BCUT2D eigenvalue weighted by Gasteiger charge is 2.16. The minimum Gasteiger partial charge on any atom is -0.361 e. The second kappa shape index (κ2) is 8.39. The molecule has 0 radical (unpaired) electrons. The number of carbonyl (C=O) groups is 1. The largest absolute Gasteiger partial charge is 0.361 e. The predicted molar refractivity (Wildman–Crippen MR) is 131 cm³/mol. The Balaban J connectivity index is 1.60. The number of aryl methyl sites for hydroxylation is 1. The summed E-state index contributed by atoms with van der Waals surface area (Å²) in [6.45, 7) is 2.05. The summed E-state index contributed by atoms with van der Waals surface area (Å²) in [5.41, 5.74) is 7.98. The number of amides is 1. The summed E-state index contributed by atoms with van der Waals surface area (Å²) in [4.78, 5) is 26.4. The number of nitrogens with one attached hydrogen (secondary N) is 3. The van der Waals surface area contributed by atoms with Crippen LogP contribution in [0.4, 0.5) is 11.4 Å². The normalized spacial score (nSPS) is 10.9. The highest BCUT2D eigenvalue weighted by Crippen LogP contribution is 2.39. The number of aromatic nitrogens is 2. The van der Waals surface area contributed by atoms with Crippen molar-refractivity contribution in [2.24, 2.45) is 0 Å². The Labute approximate surface area is 193 Å². The number of rotatable bonds is 5. The number of thiophene rings is 1. The number of hydrogen-bond donors (Lipinski definition) is 3. The van der Waals surface area contributed by atoms with E-state index in [0.717, 1.165) is 48.5 Å². The fourth-order valence-electron chi connectivity index (χ4n) is 3.87. The average molecular weight is 454 g/mol. The van der Waals surface area contributed by atoms with Crippen molar-refractivity contribution in [3.8, 4) is 16.5 Å². The SMILES string of the molecule is CONC(=O)c1cccc(-c2cc3c(Nc4ccc5[nH]ccc5c4C)c(C#N)cnc3s2)c1. The second-order valence-electron chi connectivity index (χ2n) is 7.51. The number of nitrogens with zero attached hydrogens (tertiary/aromatic N) is 2. The van der Waals surface area contributed by atoms with E-state index in [4.69, 9.17) is 4.84 Å². The fraction of sp³-hybridized carbons (Fsp3) is 0.0800. The maximum Gasteiger partial charge on any atom is 0.274 e. The van der Waals surface area contributed by atoms with Crippen molar-refractivity contribution in [1.82, 2.24) is 15.4 Å². The summed E-state index contributed by atoms with van der Waals surface area (Å²) in [7, 11) is 1.40. The number of H-pyrrole nitrogens is 1. The number of aromatic amines is 1. The van der Waals surface area contributed by atoms with E-state index >= 15 is 0 Å². The highest BCUT2D eigenvalue weighted by molar-refractivity contribution is 7.22. The lowest BCUT2D eigenvalue weighted by molar-refractivity contribution is 0.0537. The van der Waals surface area contributed by atoms with E-state index in [2.05, 4.69) is 33.8 Å². The monoisotopic (exact) mass is 453 g/mol. The zero-order valence-electron chi connectivity index (χ0n) is 17.9. The van der Waals surface area contributed by atoms with Crippen molar-refractivity contribution in [2.45, 2.75) is 6.92 Å². The fourth-order valence-corrected chi connectivity index (χ4v) is 4.88. The molecule has 0 unspecified atom stereocenters. The van der Waals surface area contributed by atoms with Crippen LogP contribution in [0.15, 0.2) is 60.9 Å². The van der Waals surface area contributed by atoms with Crippen LogP contribution in [0.1, 0.15) is 21.5 Å². The van der Waals surface area contributed by atoms with Gasteiger partial charge in [-0.05, 0) is 54.4 Å². The third-order valence-electron chi connectivity index (χ3n) is 5.55. The number of fused-ring (bicyclic) bond motifs is 2. The maximum absolute atomic E-state index is 12.2. The highest BCUT2D eigenvalue weighted by atomic mass is 32.1. The molecule has 5 rings (SSSR count). The smallest absolute Gasteiger partial charge is 0.274 e. The Morgan fingerprint density at radius 1 is 1.18 bits per heavy atom. The zero-order valence-corrected chi connectivity index (χ0v) is 18.7. The summed E-state index contributed by atoms with van der Waals surface area (Å²) < 4.78 is 0. The Kier molecular flexibility index (Phi) is 5.26. The van der Waals surface area contributed by atoms with Crippen molar-refractivity contribution < 1.29 is 9.63 Å². The van der Waals surface area contributed by atoms with Crippen LogP contribution in [0.2, 0.25) is 0 Å². The van der Waals surface area contributed by atoms with Gasteiger partial charge in [0.05, 0.1) is 18.4 Å². The number of hydrogen-bond acceptors (Lipinski definition) is 6. The molecule has 0 aliphatic rings. The van der Waals surface area contributed by atoms with E-state index < -0.39 is 0 Å². The molecular formula is C25H19N5O2S. The summed E-state index contributed by atoms with van der Waals surface area (Å²) in [6, 6.07) is 17.6. The number of benzene rings is 2. The van der Waals surface area contributed by atoms with Crippen molar-refractivity contribution in [1.29, 1.82) is 5.26 Å². The van der Waals surface area contributed by atoms with Gasteiger partial charge in [0.1, 0.15) is 10.9 Å². The molecule has 0 aliphatic carbocycles. The van der Waals surface area contributed by atoms with E-state index in [-0.39, 0.29) is 5.91 Å². The molecule has 0 atom stereocenters. The standard InChI is InChI=1S/C25H19N5O2S/c1-14-18-8-9-27-21(18)7-6-20(14)29-23-17(12-26)13-28-25-19(23)11-22(33-25)15-4-3-5-16(10-15)24(31)30-32-2/h3-11,13,27H,1-2H3,(H,28,29)(H,30,31). The van der Waals surface area contributed by atoms with E-state index in [1.807, 2.05) is 42.6 Å². The number of anilines is 2. The Morgan fingerprint density at radius 2 is 2.06 bits per heavy atom.